The first-order chi connectivity index (χ1) is 12.4. The number of nitrogens with two attached hydrogens (primary N) is 1. The zero-order chi connectivity index (χ0) is 18.3. The van der Waals surface area contributed by atoms with Crippen LogP contribution in [0.3, 0.4) is 0 Å². The van der Waals surface area contributed by atoms with Crippen molar-refractivity contribution in [3.05, 3.63) is 46.3 Å². The van der Waals surface area contributed by atoms with Crippen molar-refractivity contribution < 1.29 is 9.53 Å². The van der Waals surface area contributed by atoms with Gasteiger partial charge in [-0.3, -0.25) is 4.79 Å². The number of Topliss-reactive ketones (excluding diaryl/α,β-unsaturated/α-hetero) is 1. The minimum Gasteiger partial charge on any atom is -0.370 e. The fourth-order valence-electron chi connectivity index (χ4n) is 3.07. The van der Waals surface area contributed by atoms with E-state index in [4.69, 9.17) is 10.5 Å². The highest BCUT2D eigenvalue weighted by molar-refractivity contribution is 8.00. The van der Waals surface area contributed by atoms with Gasteiger partial charge in [0.1, 0.15) is 9.86 Å². The van der Waals surface area contributed by atoms with Crippen LogP contribution >= 0.6 is 23.1 Å². The molecule has 0 saturated heterocycles. The van der Waals surface area contributed by atoms with Crippen molar-refractivity contribution >= 4 is 45.0 Å². The van der Waals surface area contributed by atoms with Crippen molar-refractivity contribution in [2.75, 3.05) is 11.5 Å². The first-order valence-electron chi connectivity index (χ1n) is 8.36. The first kappa shape index (κ1) is 17.5. The number of aromatic nitrogens is 2. The van der Waals surface area contributed by atoms with Crippen LogP contribution in [-0.2, 0) is 17.8 Å². The van der Waals surface area contributed by atoms with Gasteiger partial charge < -0.3 is 10.5 Å². The number of anilines is 1. The van der Waals surface area contributed by atoms with E-state index in [9.17, 15) is 4.79 Å². The molecule has 0 radical (unpaired) electrons. The van der Waals surface area contributed by atoms with Crippen LogP contribution in [0.4, 0.5) is 5.95 Å². The molecule has 1 aromatic carbocycles. The van der Waals surface area contributed by atoms with Crippen molar-refractivity contribution in [3.8, 4) is 0 Å². The second kappa shape index (κ2) is 6.64. The van der Waals surface area contributed by atoms with E-state index < -0.39 is 0 Å². The second-order valence-corrected chi connectivity index (χ2v) is 8.92. The first-order valence-corrected chi connectivity index (χ1v) is 10.2. The van der Waals surface area contributed by atoms with Crippen LogP contribution < -0.4 is 5.73 Å². The Hall–Kier alpha value is -1.96. The molecule has 4 rings (SSSR count). The summed E-state index contributed by atoms with van der Waals surface area (Å²) in [5, 5.41) is 1.81. The molecule has 1 aliphatic rings. The van der Waals surface area contributed by atoms with E-state index >= 15 is 0 Å². The molecule has 134 valence electrons. The third-order valence-corrected chi connectivity index (χ3v) is 6.43. The largest absolute Gasteiger partial charge is 0.370 e. The maximum Gasteiger partial charge on any atom is 0.222 e. The Morgan fingerprint density at radius 3 is 2.85 bits per heavy atom. The lowest BCUT2D eigenvalue weighted by Gasteiger charge is -2.30. The minimum absolute atomic E-state index is 0.0775. The van der Waals surface area contributed by atoms with Gasteiger partial charge in [-0.2, -0.15) is 0 Å². The third kappa shape index (κ3) is 3.34. The Bertz CT molecular complexity index is 983. The van der Waals surface area contributed by atoms with Crippen molar-refractivity contribution in [3.63, 3.8) is 0 Å². The molecule has 7 heteroatoms. The fraction of sp³-hybridized carbons (Fsp3) is 0.316. The number of carbonyl (C=O) groups excluding carboxylic acids is 1. The van der Waals surface area contributed by atoms with Gasteiger partial charge in [0.05, 0.1) is 18.0 Å². The Morgan fingerprint density at radius 1 is 1.31 bits per heavy atom. The summed E-state index contributed by atoms with van der Waals surface area (Å²) < 4.78 is 5.92. The van der Waals surface area contributed by atoms with Crippen LogP contribution in [-0.4, -0.2) is 27.1 Å². The van der Waals surface area contributed by atoms with Gasteiger partial charge in [0.25, 0.3) is 0 Å². The average Bonchev–Trinajstić information content (AvgIpc) is 2.96. The molecule has 0 saturated carbocycles. The number of nitrogen functional groups attached to an aromatic ring is 1. The molecule has 2 aromatic heterocycles. The number of benzene rings is 1. The van der Waals surface area contributed by atoms with E-state index in [0.717, 1.165) is 21.7 Å². The lowest BCUT2D eigenvalue weighted by molar-refractivity contribution is -0.0379. The molecular formula is C19H19N3O2S2. The topological polar surface area (TPSA) is 78.1 Å². The summed E-state index contributed by atoms with van der Waals surface area (Å²) >= 11 is 3.03. The van der Waals surface area contributed by atoms with E-state index in [2.05, 4.69) is 23.8 Å². The van der Waals surface area contributed by atoms with Crippen molar-refractivity contribution in [1.82, 2.24) is 9.97 Å². The van der Waals surface area contributed by atoms with Gasteiger partial charge in [0, 0.05) is 22.2 Å². The summed E-state index contributed by atoms with van der Waals surface area (Å²) in [6.45, 7) is 4.75. The highest BCUT2D eigenvalue weighted by Gasteiger charge is 2.31. The van der Waals surface area contributed by atoms with Gasteiger partial charge in [-0.1, -0.05) is 42.1 Å². The number of fused-ring (bicyclic) bond motifs is 3. The van der Waals surface area contributed by atoms with Crippen LogP contribution in [0.25, 0.3) is 10.2 Å². The van der Waals surface area contributed by atoms with Crippen molar-refractivity contribution in [2.24, 2.45) is 0 Å². The Balaban J connectivity index is 1.68. The van der Waals surface area contributed by atoms with Crippen LogP contribution in [0.5, 0.6) is 0 Å². The van der Waals surface area contributed by atoms with E-state index in [-0.39, 0.29) is 17.3 Å². The number of hydrogen-bond donors (Lipinski definition) is 1. The summed E-state index contributed by atoms with van der Waals surface area (Å²) in [6, 6.07) is 9.31. The molecule has 0 bridgehead atoms. The number of thioether (sulfide) groups is 1. The smallest absolute Gasteiger partial charge is 0.222 e. The number of hydrogen-bond acceptors (Lipinski definition) is 7. The van der Waals surface area contributed by atoms with E-state index in [1.165, 1.54) is 22.2 Å². The van der Waals surface area contributed by atoms with Gasteiger partial charge in [-0.25, -0.2) is 9.97 Å². The summed E-state index contributed by atoms with van der Waals surface area (Å²) in [5.74, 6) is 0.639. The normalized spacial score (nSPS) is 15.8. The molecule has 0 unspecified atom stereocenters. The zero-order valence-electron chi connectivity index (χ0n) is 14.6. The number of rotatable bonds is 4. The zero-order valence-corrected chi connectivity index (χ0v) is 16.2. The molecule has 1 aliphatic heterocycles. The Kier molecular flexibility index (Phi) is 4.46. The Labute approximate surface area is 160 Å². The number of thiophene rings is 1. The van der Waals surface area contributed by atoms with E-state index in [0.29, 0.717) is 17.9 Å². The highest BCUT2D eigenvalue weighted by Crippen LogP contribution is 2.41. The quantitative estimate of drug-likeness (QED) is 0.414. The summed E-state index contributed by atoms with van der Waals surface area (Å²) in [6.07, 6.45) is 0.801. The predicted octanol–water partition coefficient (Wildman–Crippen LogP) is 4.10. The monoisotopic (exact) mass is 385 g/mol. The van der Waals surface area contributed by atoms with Gasteiger partial charge in [-0.15, -0.1) is 11.3 Å². The van der Waals surface area contributed by atoms with Gasteiger partial charge in [0.2, 0.25) is 5.95 Å². The maximum absolute atomic E-state index is 12.5. The molecule has 0 aliphatic carbocycles. The van der Waals surface area contributed by atoms with Gasteiger partial charge >= 0.3 is 0 Å². The highest BCUT2D eigenvalue weighted by atomic mass is 32.2. The van der Waals surface area contributed by atoms with E-state index in [1.807, 2.05) is 30.3 Å². The van der Waals surface area contributed by atoms with Crippen molar-refractivity contribution in [1.29, 1.82) is 0 Å². The molecule has 26 heavy (non-hydrogen) atoms. The van der Waals surface area contributed by atoms with Crippen LogP contribution in [0, 0.1) is 0 Å². The number of ketones is 1. The van der Waals surface area contributed by atoms with Crippen LogP contribution in [0.15, 0.2) is 35.4 Å². The predicted molar refractivity (Wildman–Crippen MR) is 106 cm³/mol. The molecule has 3 aromatic rings. The van der Waals surface area contributed by atoms with E-state index in [1.54, 1.807) is 11.3 Å². The lowest BCUT2D eigenvalue weighted by atomic mass is 9.95. The number of carbonyl (C=O) groups is 1. The number of nitrogens with zero attached hydrogens (tertiary/aromatic N) is 2. The molecule has 0 atom stereocenters. The van der Waals surface area contributed by atoms with Gasteiger partial charge in [-0.05, 0) is 19.4 Å². The second-order valence-electron chi connectivity index (χ2n) is 6.87. The van der Waals surface area contributed by atoms with Gasteiger partial charge in [0.15, 0.2) is 5.78 Å². The summed E-state index contributed by atoms with van der Waals surface area (Å²) in [4.78, 5) is 23.4. The molecule has 0 amide bonds. The fourth-order valence-corrected chi connectivity index (χ4v) is 5.20. The third-order valence-electron chi connectivity index (χ3n) is 4.35. The summed E-state index contributed by atoms with van der Waals surface area (Å²) in [5.41, 5.74) is 7.63. The SMILES string of the molecule is CC1(C)Cc2c(sc3nc(N)nc(SCC(=O)c4ccccc4)c23)CO1. The molecule has 3 heterocycles. The molecule has 0 fully saturated rings. The van der Waals surface area contributed by atoms with Crippen LogP contribution in [0.1, 0.15) is 34.6 Å². The van der Waals surface area contributed by atoms with Crippen LogP contribution in [0.2, 0.25) is 0 Å². The molecular weight excluding hydrogens is 366 g/mol. The molecule has 0 spiro atoms. The average molecular weight is 386 g/mol. The molecule has 2 N–H and O–H groups in total. The molecule has 5 nitrogen and oxygen atoms in total. The number of ether oxygens (including phenoxy) is 1. The van der Waals surface area contributed by atoms with Crippen molar-refractivity contribution in [2.45, 2.75) is 37.5 Å². The summed E-state index contributed by atoms with van der Waals surface area (Å²) in [7, 11) is 0. The minimum atomic E-state index is -0.218. The standard InChI is InChI=1S/C19H19N3O2S2/c1-19(2)8-12-14(9-24-19)26-17-15(12)16(21-18(20)22-17)25-10-13(23)11-6-4-3-5-7-11/h3-7H,8-10H2,1-2H3,(H2,20,21,22). The maximum atomic E-state index is 12.5. The Morgan fingerprint density at radius 2 is 2.08 bits per heavy atom. The lowest BCUT2D eigenvalue weighted by Crippen LogP contribution is -2.31.